The second-order valence-electron chi connectivity index (χ2n) is 6.08. The number of H-pyrrole nitrogens is 1. The summed E-state index contributed by atoms with van der Waals surface area (Å²) in [7, 11) is -4.26. The van der Waals surface area contributed by atoms with Crippen LogP contribution in [0.25, 0.3) is 0 Å². The van der Waals surface area contributed by atoms with E-state index < -0.39 is 52.5 Å². The molecule has 27 heavy (non-hydrogen) atoms. The van der Waals surface area contributed by atoms with Crippen LogP contribution >= 0.6 is 0 Å². The fraction of sp³-hybridized carbons (Fsp3) is 0.375. The van der Waals surface area contributed by atoms with Gasteiger partial charge >= 0.3 is 5.69 Å². The van der Waals surface area contributed by atoms with Crippen molar-refractivity contribution in [3.05, 3.63) is 62.9 Å². The maximum Gasteiger partial charge on any atom is 0.330 e. The zero-order valence-corrected chi connectivity index (χ0v) is 15.0. The molecule has 3 rings (SSSR count). The number of benzene rings is 1. The molecule has 0 amide bonds. The second kappa shape index (κ2) is 7.37. The van der Waals surface area contributed by atoms with Gasteiger partial charge in [-0.3, -0.25) is 18.5 Å². The highest BCUT2D eigenvalue weighted by atomic mass is 32.2. The zero-order chi connectivity index (χ0) is 19.8. The van der Waals surface area contributed by atoms with Gasteiger partial charge in [-0.05, 0) is 19.1 Å². The van der Waals surface area contributed by atoms with Crippen LogP contribution in [0.4, 0.5) is 0 Å². The number of aryl methyl sites for hydroxylation is 1. The molecule has 1 aliphatic heterocycles. The van der Waals surface area contributed by atoms with Gasteiger partial charge in [0.15, 0.2) is 6.23 Å². The van der Waals surface area contributed by atoms with Gasteiger partial charge in [-0.25, -0.2) is 4.79 Å². The van der Waals surface area contributed by atoms with E-state index in [0.29, 0.717) is 0 Å². The number of aromatic nitrogens is 2. The molecule has 10 nitrogen and oxygen atoms in total. The van der Waals surface area contributed by atoms with Crippen molar-refractivity contribution >= 4 is 10.1 Å². The summed E-state index contributed by atoms with van der Waals surface area (Å²) in [6, 6.07) is 6.92. The Kier molecular flexibility index (Phi) is 5.31. The predicted molar refractivity (Wildman–Crippen MR) is 91.6 cm³/mol. The summed E-state index contributed by atoms with van der Waals surface area (Å²) in [5, 5.41) is 20.0. The monoisotopic (exact) mass is 398 g/mol. The van der Waals surface area contributed by atoms with Gasteiger partial charge in [0.05, 0.1) is 11.5 Å². The molecule has 2 unspecified atom stereocenters. The average molecular weight is 398 g/mol. The number of aliphatic hydroxyl groups is 2. The van der Waals surface area contributed by atoms with Gasteiger partial charge in [0.1, 0.15) is 18.3 Å². The highest BCUT2D eigenvalue weighted by molar-refractivity contribution is 7.86. The third-order valence-corrected chi connectivity index (χ3v) is 5.49. The fourth-order valence-electron chi connectivity index (χ4n) is 2.75. The Hall–Kier alpha value is -2.31. The summed E-state index contributed by atoms with van der Waals surface area (Å²) in [6.07, 6.45) is -4.50. The quantitative estimate of drug-likeness (QED) is 0.536. The molecule has 1 saturated heterocycles. The second-order valence-corrected chi connectivity index (χ2v) is 7.66. The molecule has 4 atom stereocenters. The number of aliphatic hydroxyl groups excluding tert-OH is 2. The van der Waals surface area contributed by atoms with Crippen LogP contribution in [0.15, 0.2) is 51.0 Å². The van der Waals surface area contributed by atoms with Crippen LogP contribution in [0, 0.1) is 6.92 Å². The topological polar surface area (TPSA) is 148 Å². The number of aromatic amines is 1. The molecule has 1 aromatic heterocycles. The lowest BCUT2D eigenvalue weighted by molar-refractivity contribution is -0.0543. The van der Waals surface area contributed by atoms with Crippen LogP contribution in [-0.4, -0.2) is 53.1 Å². The van der Waals surface area contributed by atoms with Crippen molar-refractivity contribution in [2.24, 2.45) is 0 Å². The van der Waals surface area contributed by atoms with E-state index in [9.17, 15) is 28.2 Å². The molecule has 0 radical (unpaired) electrons. The lowest BCUT2D eigenvalue weighted by Gasteiger charge is -2.19. The van der Waals surface area contributed by atoms with Crippen LogP contribution in [0.5, 0.6) is 0 Å². The van der Waals surface area contributed by atoms with Gasteiger partial charge in [0.2, 0.25) is 0 Å². The first kappa shape index (κ1) is 19.5. The van der Waals surface area contributed by atoms with Crippen molar-refractivity contribution < 1.29 is 27.6 Å². The third-order valence-electron chi connectivity index (χ3n) is 4.16. The molecule has 0 spiro atoms. The minimum Gasteiger partial charge on any atom is -0.394 e. The molecule has 2 aromatic rings. The number of hydrogen-bond acceptors (Lipinski definition) is 8. The van der Waals surface area contributed by atoms with E-state index >= 15 is 0 Å². The first-order valence-electron chi connectivity index (χ1n) is 7.99. The Morgan fingerprint density at radius 1 is 1.22 bits per heavy atom. The van der Waals surface area contributed by atoms with Gasteiger partial charge < -0.3 is 14.9 Å². The molecular weight excluding hydrogens is 380 g/mol. The van der Waals surface area contributed by atoms with E-state index in [4.69, 9.17) is 8.92 Å². The third kappa shape index (κ3) is 3.87. The molecule has 2 heterocycles. The number of ether oxygens (including phenoxy) is 1. The molecular formula is C16H18N2O8S. The molecule has 0 aliphatic carbocycles. The van der Waals surface area contributed by atoms with Crippen molar-refractivity contribution in [1.82, 2.24) is 9.55 Å². The number of nitrogens with zero attached hydrogens (tertiary/aromatic N) is 1. The van der Waals surface area contributed by atoms with E-state index in [2.05, 4.69) is 0 Å². The van der Waals surface area contributed by atoms with E-state index in [-0.39, 0.29) is 4.90 Å². The Balaban J connectivity index is 1.89. The SMILES string of the molecule is Cc1ccc(S(=O)(=O)OC2C(O)[C@@H](n3ccc(=O)[nH]c3=O)O[C@H]2CO)cc1. The Bertz CT molecular complexity index is 1030. The van der Waals surface area contributed by atoms with Crippen molar-refractivity contribution in [2.75, 3.05) is 6.61 Å². The van der Waals surface area contributed by atoms with Crippen molar-refractivity contribution in [2.45, 2.75) is 36.4 Å². The van der Waals surface area contributed by atoms with Crippen LogP contribution < -0.4 is 11.2 Å². The lowest BCUT2D eigenvalue weighted by atomic mass is 10.1. The summed E-state index contributed by atoms with van der Waals surface area (Å²) in [5.74, 6) is 0. The highest BCUT2D eigenvalue weighted by Crippen LogP contribution is 2.32. The van der Waals surface area contributed by atoms with Crippen molar-refractivity contribution in [3.8, 4) is 0 Å². The molecule has 146 valence electrons. The maximum absolute atomic E-state index is 12.5. The average Bonchev–Trinajstić information content (AvgIpc) is 2.91. The predicted octanol–water partition coefficient (Wildman–Crippen LogP) is -1.13. The Labute approximate surface area is 153 Å². The Morgan fingerprint density at radius 3 is 2.48 bits per heavy atom. The summed E-state index contributed by atoms with van der Waals surface area (Å²) < 4.78 is 36.3. The number of hydrogen-bond donors (Lipinski definition) is 3. The van der Waals surface area contributed by atoms with Crippen molar-refractivity contribution in [3.63, 3.8) is 0 Å². The molecule has 1 aliphatic rings. The van der Waals surface area contributed by atoms with Gasteiger partial charge in [-0.15, -0.1) is 0 Å². The smallest absolute Gasteiger partial charge is 0.330 e. The maximum atomic E-state index is 12.5. The number of rotatable bonds is 5. The molecule has 0 bridgehead atoms. The standard InChI is InChI=1S/C16H18N2O8S/c1-9-2-4-10(5-3-9)27(23,24)26-14-11(8-19)25-15(13(14)21)18-7-6-12(20)17-16(18)22/h2-7,11,13-15,19,21H,8H2,1H3,(H,17,20,22)/t11-,13?,14?,15-/m0/s1. The number of nitrogens with one attached hydrogen (secondary N) is 1. The first-order valence-corrected chi connectivity index (χ1v) is 9.39. The van der Waals surface area contributed by atoms with Gasteiger partial charge in [-0.2, -0.15) is 8.42 Å². The summed E-state index contributed by atoms with van der Waals surface area (Å²) >= 11 is 0. The summed E-state index contributed by atoms with van der Waals surface area (Å²) in [5.41, 5.74) is -0.647. The van der Waals surface area contributed by atoms with Gasteiger partial charge in [0, 0.05) is 12.3 Å². The van der Waals surface area contributed by atoms with E-state index in [1.165, 1.54) is 12.1 Å². The summed E-state index contributed by atoms with van der Waals surface area (Å²) in [4.78, 5) is 25.0. The molecule has 11 heteroatoms. The molecule has 1 fully saturated rings. The van der Waals surface area contributed by atoms with Gasteiger partial charge in [-0.1, -0.05) is 17.7 Å². The van der Waals surface area contributed by atoms with E-state index in [1.54, 1.807) is 19.1 Å². The van der Waals surface area contributed by atoms with E-state index in [0.717, 1.165) is 22.4 Å². The Morgan fingerprint density at radius 2 is 1.89 bits per heavy atom. The van der Waals surface area contributed by atoms with Gasteiger partial charge in [0.25, 0.3) is 15.7 Å². The highest BCUT2D eigenvalue weighted by Gasteiger charge is 2.48. The summed E-state index contributed by atoms with van der Waals surface area (Å²) in [6.45, 7) is 1.14. The molecule has 1 aromatic carbocycles. The van der Waals surface area contributed by atoms with Crippen molar-refractivity contribution in [1.29, 1.82) is 0 Å². The van der Waals surface area contributed by atoms with Crippen LogP contribution in [0.1, 0.15) is 11.8 Å². The minimum absolute atomic E-state index is 0.123. The van der Waals surface area contributed by atoms with Crippen LogP contribution in [0.2, 0.25) is 0 Å². The zero-order valence-electron chi connectivity index (χ0n) is 14.2. The van der Waals surface area contributed by atoms with Crippen LogP contribution in [0.3, 0.4) is 0 Å². The van der Waals surface area contributed by atoms with E-state index in [1.807, 2.05) is 4.98 Å². The largest absolute Gasteiger partial charge is 0.394 e. The molecule has 0 saturated carbocycles. The van der Waals surface area contributed by atoms with Crippen LogP contribution in [-0.2, 0) is 19.0 Å². The lowest BCUT2D eigenvalue weighted by Crippen LogP contribution is -2.40. The fourth-order valence-corrected chi connectivity index (χ4v) is 3.86. The minimum atomic E-state index is -4.26. The molecule has 3 N–H and O–H groups in total. The normalized spacial score (nSPS) is 25.6. The first-order chi connectivity index (χ1) is 12.7.